The molecular formula is C30H44N4O5. The fourth-order valence-electron chi connectivity index (χ4n) is 6.88. The van der Waals surface area contributed by atoms with E-state index in [1.165, 1.54) is 18.6 Å². The van der Waals surface area contributed by atoms with Gasteiger partial charge in [-0.1, -0.05) is 46.5 Å². The van der Waals surface area contributed by atoms with E-state index >= 15 is 0 Å². The second-order valence-electron chi connectivity index (χ2n) is 12.6. The molecule has 2 amide bonds. The van der Waals surface area contributed by atoms with E-state index in [0.717, 1.165) is 51.4 Å². The molecule has 1 N–H and O–H groups in total. The lowest BCUT2D eigenvalue weighted by Crippen LogP contribution is -2.58. The van der Waals surface area contributed by atoms with Gasteiger partial charge in [-0.15, -0.1) is 0 Å². The molecule has 0 aromatic carbocycles. The minimum absolute atomic E-state index is 0.0273. The van der Waals surface area contributed by atoms with Gasteiger partial charge in [0.25, 0.3) is 0 Å². The second kappa shape index (κ2) is 12.6. The van der Waals surface area contributed by atoms with Crippen LogP contribution in [0.15, 0.2) is 18.6 Å². The van der Waals surface area contributed by atoms with Crippen LogP contribution in [0.5, 0.6) is 0 Å². The first-order chi connectivity index (χ1) is 18.6. The highest BCUT2D eigenvalue weighted by Crippen LogP contribution is 2.43. The first-order valence-electron chi connectivity index (χ1n) is 14.7. The van der Waals surface area contributed by atoms with Crippen molar-refractivity contribution in [3.05, 3.63) is 24.3 Å². The largest absolute Gasteiger partial charge is 0.464 e. The van der Waals surface area contributed by atoms with Crippen molar-refractivity contribution in [1.29, 1.82) is 0 Å². The Morgan fingerprint density at radius 3 is 2.44 bits per heavy atom. The predicted molar refractivity (Wildman–Crippen MR) is 145 cm³/mol. The molecule has 9 nitrogen and oxygen atoms in total. The Hall–Kier alpha value is -2.84. The number of amides is 2. The number of Topliss-reactive ketones (excluding diaryl/α,β-unsaturated/α-hetero) is 1. The highest BCUT2D eigenvalue weighted by Gasteiger charge is 2.52. The van der Waals surface area contributed by atoms with Crippen LogP contribution in [0.1, 0.15) is 96.0 Å². The highest BCUT2D eigenvalue weighted by atomic mass is 16.5. The maximum Gasteiger partial charge on any atom is 0.329 e. The van der Waals surface area contributed by atoms with Gasteiger partial charge in [0.15, 0.2) is 5.78 Å². The molecule has 2 heterocycles. The number of carbonyl (C=O) groups excluding carboxylic acids is 4. The molecular weight excluding hydrogens is 496 g/mol. The molecule has 9 heteroatoms. The van der Waals surface area contributed by atoms with Crippen molar-refractivity contribution in [2.24, 2.45) is 29.1 Å². The summed E-state index contributed by atoms with van der Waals surface area (Å²) >= 11 is 0. The Bertz CT molecular complexity index is 1030. The number of rotatable bonds is 9. The van der Waals surface area contributed by atoms with Gasteiger partial charge >= 0.3 is 5.97 Å². The van der Waals surface area contributed by atoms with Gasteiger partial charge in [0.05, 0.1) is 12.8 Å². The number of aromatic nitrogens is 2. The number of ketones is 1. The van der Waals surface area contributed by atoms with Gasteiger partial charge < -0.3 is 15.0 Å². The summed E-state index contributed by atoms with van der Waals surface area (Å²) in [4.78, 5) is 64.0. The molecule has 0 radical (unpaired) electrons. The van der Waals surface area contributed by atoms with Gasteiger partial charge in [0.2, 0.25) is 11.8 Å². The molecule has 0 unspecified atom stereocenters. The molecule has 5 atom stereocenters. The van der Waals surface area contributed by atoms with Crippen molar-refractivity contribution in [2.45, 2.75) is 97.6 Å². The number of likely N-dealkylation sites (tertiary alicyclic amines) is 1. The minimum Gasteiger partial charge on any atom is -0.464 e. The molecule has 3 fully saturated rings. The summed E-state index contributed by atoms with van der Waals surface area (Å²) in [6, 6.07) is -1.45. The third kappa shape index (κ3) is 6.67. The molecule has 2 saturated carbocycles. The highest BCUT2D eigenvalue weighted by molar-refractivity contribution is 5.98. The molecule has 0 spiro atoms. The number of hydrogen-bond acceptors (Lipinski definition) is 7. The van der Waals surface area contributed by atoms with E-state index in [1.54, 1.807) is 11.8 Å². The van der Waals surface area contributed by atoms with Crippen LogP contribution >= 0.6 is 0 Å². The first kappa shape index (κ1) is 29.2. The van der Waals surface area contributed by atoms with Crippen LogP contribution in [0.3, 0.4) is 0 Å². The molecule has 1 saturated heterocycles. The molecule has 1 aromatic rings. The molecule has 1 aliphatic heterocycles. The molecule has 1 aromatic heterocycles. The van der Waals surface area contributed by atoms with Crippen LogP contribution in [0.2, 0.25) is 0 Å². The van der Waals surface area contributed by atoms with Gasteiger partial charge in [0, 0.05) is 31.3 Å². The van der Waals surface area contributed by atoms with Crippen molar-refractivity contribution in [1.82, 2.24) is 20.2 Å². The summed E-state index contributed by atoms with van der Waals surface area (Å²) in [6.45, 7) is 8.31. The van der Waals surface area contributed by atoms with Crippen molar-refractivity contribution >= 4 is 23.6 Å². The van der Waals surface area contributed by atoms with Crippen molar-refractivity contribution in [3.63, 3.8) is 0 Å². The van der Waals surface area contributed by atoms with Gasteiger partial charge in [-0.2, -0.15) is 0 Å². The average molecular weight is 541 g/mol. The summed E-state index contributed by atoms with van der Waals surface area (Å²) in [5.74, 6) is -1.21. The molecule has 3 aliphatic rings. The maximum absolute atomic E-state index is 14.1. The van der Waals surface area contributed by atoms with Crippen molar-refractivity contribution < 1.29 is 23.9 Å². The molecule has 214 valence electrons. The topological polar surface area (TPSA) is 119 Å². The van der Waals surface area contributed by atoms with E-state index in [9.17, 15) is 19.2 Å². The lowest BCUT2D eigenvalue weighted by molar-refractivity contribution is -0.156. The van der Waals surface area contributed by atoms with Gasteiger partial charge in [0.1, 0.15) is 17.8 Å². The summed E-state index contributed by atoms with van der Waals surface area (Å²) < 4.78 is 5.40. The summed E-state index contributed by atoms with van der Waals surface area (Å²) in [5, 5.41) is 3.07. The van der Waals surface area contributed by atoms with E-state index in [-0.39, 0.29) is 60.0 Å². The fraction of sp³-hybridized carbons (Fsp3) is 0.733. The third-order valence-corrected chi connectivity index (χ3v) is 8.91. The normalized spacial score (nSPS) is 25.0. The van der Waals surface area contributed by atoms with Crippen LogP contribution in [-0.4, -0.2) is 63.7 Å². The average Bonchev–Trinajstić information content (AvgIpc) is 3.52. The smallest absolute Gasteiger partial charge is 0.329 e. The lowest BCUT2D eigenvalue weighted by atomic mass is 9.76. The van der Waals surface area contributed by atoms with Crippen LogP contribution in [-0.2, 0) is 19.1 Å². The predicted octanol–water partition coefficient (Wildman–Crippen LogP) is 3.97. The number of esters is 1. The van der Waals surface area contributed by atoms with Crippen LogP contribution in [0.4, 0.5) is 0 Å². The summed E-state index contributed by atoms with van der Waals surface area (Å²) in [5.41, 5.74) is -0.356. The Kier molecular flexibility index (Phi) is 9.39. The standard InChI is InChI=1S/C30H44N4O5/c1-5-39-29(38)25-21-13-9-12-20(21)18-34(25)28(37)26(30(2,3)4)33-27(36)22(19-10-7-6-8-11-19)16-24(35)23-17-31-14-15-32-23/h14-15,17,19-22,25-26H,5-13,16,18H2,1-4H3,(H,33,36)/t20-,21-,22+,25-,26+/m0/s1. The first-order valence-corrected chi connectivity index (χ1v) is 14.7. The zero-order valence-corrected chi connectivity index (χ0v) is 23.9. The molecule has 39 heavy (non-hydrogen) atoms. The lowest BCUT2D eigenvalue weighted by Gasteiger charge is -2.37. The third-order valence-electron chi connectivity index (χ3n) is 8.91. The van der Waals surface area contributed by atoms with Gasteiger partial charge in [-0.3, -0.25) is 19.4 Å². The van der Waals surface area contributed by atoms with Gasteiger partial charge in [-0.05, 0) is 55.8 Å². The maximum atomic E-state index is 14.1. The Labute approximate surface area is 231 Å². The van der Waals surface area contributed by atoms with E-state index in [1.807, 2.05) is 20.8 Å². The van der Waals surface area contributed by atoms with Crippen LogP contribution in [0, 0.1) is 29.1 Å². The van der Waals surface area contributed by atoms with E-state index < -0.39 is 23.4 Å². The molecule has 2 aliphatic carbocycles. The summed E-state index contributed by atoms with van der Waals surface area (Å²) in [7, 11) is 0. The summed E-state index contributed by atoms with van der Waals surface area (Å²) in [6.07, 6.45) is 12.3. The zero-order chi connectivity index (χ0) is 28.2. The minimum atomic E-state index is -0.835. The number of carbonyl (C=O) groups is 4. The SMILES string of the molecule is CCOC(=O)[C@@H]1[C@H]2CCC[C@H]2CN1C(=O)[C@@H](NC(=O)[C@H](CC(=O)c1cnccn1)C1CCCCC1)C(C)(C)C. The van der Waals surface area contributed by atoms with Crippen LogP contribution in [0.25, 0.3) is 0 Å². The Morgan fingerprint density at radius 2 is 1.79 bits per heavy atom. The molecule has 0 bridgehead atoms. The van der Waals surface area contributed by atoms with Crippen molar-refractivity contribution in [2.75, 3.05) is 13.2 Å². The molecule has 4 rings (SSSR count). The van der Waals surface area contributed by atoms with E-state index in [0.29, 0.717) is 6.54 Å². The second-order valence-corrected chi connectivity index (χ2v) is 12.6. The number of fused-ring (bicyclic) bond motifs is 1. The fourth-order valence-corrected chi connectivity index (χ4v) is 6.88. The number of nitrogens with zero attached hydrogens (tertiary/aromatic N) is 3. The van der Waals surface area contributed by atoms with Gasteiger partial charge in [-0.25, -0.2) is 9.78 Å². The van der Waals surface area contributed by atoms with Crippen LogP contribution < -0.4 is 5.32 Å². The van der Waals surface area contributed by atoms with E-state index in [4.69, 9.17) is 4.74 Å². The number of nitrogens with one attached hydrogen (secondary N) is 1. The monoisotopic (exact) mass is 540 g/mol. The van der Waals surface area contributed by atoms with E-state index in [2.05, 4.69) is 15.3 Å². The number of ether oxygens (including phenoxy) is 1. The number of hydrogen-bond donors (Lipinski definition) is 1. The zero-order valence-electron chi connectivity index (χ0n) is 23.9. The quantitative estimate of drug-likeness (QED) is 0.372. The van der Waals surface area contributed by atoms with Crippen molar-refractivity contribution in [3.8, 4) is 0 Å². The Balaban J connectivity index is 1.56. The Morgan fingerprint density at radius 1 is 1.05 bits per heavy atom.